The van der Waals surface area contributed by atoms with E-state index in [1.54, 1.807) is 0 Å². The molecule has 0 radical (unpaired) electrons. The average Bonchev–Trinajstić information content (AvgIpc) is 3.60. The molecule has 2 aromatic rings. The highest BCUT2D eigenvalue weighted by molar-refractivity contribution is 6.31. The Morgan fingerprint density at radius 3 is 2.53 bits per heavy atom. The fraction of sp³-hybridized carbons (Fsp3) is 0.407. The monoisotopic (exact) mass is 417 g/mol. The molecule has 3 aliphatic rings. The largest absolute Gasteiger partial charge is 0.358 e. The summed E-state index contributed by atoms with van der Waals surface area (Å²) in [4.78, 5) is 14.0. The zero-order valence-electron chi connectivity index (χ0n) is 17.3. The predicted octanol–water partition coefficient (Wildman–Crippen LogP) is 6.75. The summed E-state index contributed by atoms with van der Waals surface area (Å²) < 4.78 is 0. The highest BCUT2D eigenvalue weighted by Gasteiger charge is 2.44. The van der Waals surface area contributed by atoms with Crippen molar-refractivity contribution >= 4 is 23.1 Å². The summed E-state index contributed by atoms with van der Waals surface area (Å²) in [5.41, 5.74) is 5.85. The van der Waals surface area contributed by atoms with Crippen LogP contribution >= 0.6 is 11.6 Å². The van der Waals surface area contributed by atoms with Crippen molar-refractivity contribution < 1.29 is 4.79 Å². The first-order valence-corrected chi connectivity index (χ1v) is 11.7. The molecule has 0 spiro atoms. The van der Waals surface area contributed by atoms with Gasteiger partial charge in [0, 0.05) is 29.9 Å². The van der Waals surface area contributed by atoms with Crippen molar-refractivity contribution in [2.75, 3.05) is 6.54 Å². The Morgan fingerprint density at radius 2 is 1.80 bits per heavy atom. The van der Waals surface area contributed by atoms with Gasteiger partial charge in [0.2, 0.25) is 0 Å². The maximum absolute atomic E-state index is 11.7. The summed E-state index contributed by atoms with van der Waals surface area (Å²) >= 11 is 6.72. The minimum absolute atomic E-state index is 0.381. The maximum Gasteiger partial charge on any atom is 0.146 e. The number of rotatable bonds is 4. The maximum atomic E-state index is 11.7. The zero-order chi connectivity index (χ0) is 20.5. The van der Waals surface area contributed by atoms with Gasteiger partial charge < -0.3 is 4.90 Å². The molecule has 2 atom stereocenters. The number of carbonyl (C=O) groups excluding carboxylic acids is 1. The summed E-state index contributed by atoms with van der Waals surface area (Å²) in [5.74, 6) is 3.32. The lowest BCUT2D eigenvalue weighted by atomic mass is 9.83. The third-order valence-corrected chi connectivity index (χ3v) is 7.48. The smallest absolute Gasteiger partial charge is 0.146 e. The van der Waals surface area contributed by atoms with E-state index >= 15 is 0 Å². The van der Waals surface area contributed by atoms with Crippen molar-refractivity contribution in [1.29, 1.82) is 0 Å². The molecule has 2 fully saturated rings. The van der Waals surface area contributed by atoms with E-state index in [0.29, 0.717) is 24.3 Å². The van der Waals surface area contributed by atoms with Crippen LogP contribution in [0.2, 0.25) is 5.02 Å². The molecule has 154 valence electrons. The molecule has 2 saturated carbocycles. The SMILES string of the molecule is O=C=C1CC(c2ccccc2)=CCN1C1CC1c1ccc(C2CCCCC2)c(Cl)c1. The lowest BCUT2D eigenvalue weighted by Crippen LogP contribution is -2.30. The molecule has 1 heterocycles. The van der Waals surface area contributed by atoms with Gasteiger partial charge in [-0.15, -0.1) is 0 Å². The van der Waals surface area contributed by atoms with E-state index in [9.17, 15) is 4.79 Å². The van der Waals surface area contributed by atoms with Crippen molar-refractivity contribution in [2.45, 2.75) is 62.8 Å². The summed E-state index contributed by atoms with van der Waals surface area (Å²) in [5, 5.41) is 0.932. The summed E-state index contributed by atoms with van der Waals surface area (Å²) in [6.07, 6.45) is 10.6. The molecule has 0 bridgehead atoms. The highest BCUT2D eigenvalue weighted by atomic mass is 35.5. The number of allylic oxidation sites excluding steroid dienone is 1. The molecule has 5 rings (SSSR count). The van der Waals surface area contributed by atoms with Crippen molar-refractivity contribution in [3.63, 3.8) is 0 Å². The number of benzene rings is 2. The molecular formula is C27H28ClNO. The van der Waals surface area contributed by atoms with Gasteiger partial charge in [-0.2, -0.15) is 0 Å². The third kappa shape index (κ3) is 3.87. The second kappa shape index (κ2) is 8.46. The average molecular weight is 418 g/mol. The van der Waals surface area contributed by atoms with E-state index < -0.39 is 0 Å². The molecule has 0 N–H and O–H groups in total. The van der Waals surface area contributed by atoms with Crippen LogP contribution < -0.4 is 0 Å². The van der Waals surface area contributed by atoms with Gasteiger partial charge in [0.25, 0.3) is 0 Å². The molecule has 2 aliphatic carbocycles. The van der Waals surface area contributed by atoms with E-state index in [2.05, 4.69) is 47.2 Å². The van der Waals surface area contributed by atoms with E-state index in [-0.39, 0.29) is 0 Å². The highest BCUT2D eigenvalue weighted by Crippen LogP contribution is 2.49. The summed E-state index contributed by atoms with van der Waals surface area (Å²) in [7, 11) is 0. The Labute approximate surface area is 184 Å². The number of nitrogens with zero attached hydrogens (tertiary/aromatic N) is 1. The second-order valence-corrected chi connectivity index (χ2v) is 9.41. The quantitative estimate of drug-likeness (QED) is 0.513. The van der Waals surface area contributed by atoms with Gasteiger partial charge in [0.05, 0.1) is 0 Å². The van der Waals surface area contributed by atoms with Crippen LogP contribution in [0, 0.1) is 0 Å². The van der Waals surface area contributed by atoms with E-state index in [4.69, 9.17) is 11.6 Å². The Hall–Kier alpha value is -2.28. The standard InChI is InChI=1S/C27H28ClNO/c28-26-16-22(11-12-24(26)20-9-5-2-6-10-20)25-17-27(25)29-14-13-21(15-23(29)18-30)19-7-3-1-4-8-19/h1,3-4,7-8,11-13,16,20,25,27H,2,5-6,9-10,14-15,17H2. The summed E-state index contributed by atoms with van der Waals surface area (Å²) in [6.45, 7) is 0.782. The van der Waals surface area contributed by atoms with Crippen molar-refractivity contribution in [3.05, 3.63) is 82.0 Å². The molecule has 3 heteroatoms. The van der Waals surface area contributed by atoms with Gasteiger partial charge in [0.1, 0.15) is 11.6 Å². The number of hydrogen-bond acceptors (Lipinski definition) is 2. The third-order valence-electron chi connectivity index (χ3n) is 7.16. The predicted molar refractivity (Wildman–Crippen MR) is 123 cm³/mol. The van der Waals surface area contributed by atoms with Crippen LogP contribution in [0.25, 0.3) is 5.57 Å². The summed E-state index contributed by atoms with van der Waals surface area (Å²) in [6, 6.07) is 17.5. The Balaban J connectivity index is 1.30. The van der Waals surface area contributed by atoms with E-state index in [1.807, 2.05) is 18.2 Å². The molecule has 30 heavy (non-hydrogen) atoms. The van der Waals surface area contributed by atoms with Crippen molar-refractivity contribution in [1.82, 2.24) is 4.90 Å². The van der Waals surface area contributed by atoms with Gasteiger partial charge in [0.15, 0.2) is 0 Å². The number of hydrogen-bond donors (Lipinski definition) is 0. The second-order valence-electron chi connectivity index (χ2n) is 9.00. The van der Waals surface area contributed by atoms with Crippen LogP contribution in [0.3, 0.4) is 0 Å². The molecule has 2 nitrogen and oxygen atoms in total. The van der Waals surface area contributed by atoms with Crippen LogP contribution in [0.4, 0.5) is 0 Å². The van der Waals surface area contributed by atoms with Crippen LogP contribution in [0.1, 0.15) is 73.5 Å². The molecular weight excluding hydrogens is 390 g/mol. The molecule has 0 aromatic heterocycles. The Kier molecular flexibility index (Phi) is 5.54. The van der Waals surface area contributed by atoms with Crippen LogP contribution in [-0.4, -0.2) is 23.4 Å². The van der Waals surface area contributed by atoms with Gasteiger partial charge in [-0.25, -0.2) is 4.79 Å². The lowest BCUT2D eigenvalue weighted by Gasteiger charge is -2.29. The molecule has 1 aliphatic heterocycles. The minimum Gasteiger partial charge on any atom is -0.358 e. The van der Waals surface area contributed by atoms with Gasteiger partial charge >= 0.3 is 0 Å². The first-order chi connectivity index (χ1) is 14.7. The molecule has 0 amide bonds. The van der Waals surface area contributed by atoms with Crippen LogP contribution in [0.5, 0.6) is 0 Å². The topological polar surface area (TPSA) is 20.3 Å². The van der Waals surface area contributed by atoms with Crippen molar-refractivity contribution in [3.8, 4) is 0 Å². The van der Waals surface area contributed by atoms with Crippen LogP contribution in [0.15, 0.2) is 60.3 Å². The molecule has 2 unspecified atom stereocenters. The Bertz CT molecular complexity index is 999. The zero-order valence-corrected chi connectivity index (χ0v) is 18.1. The lowest BCUT2D eigenvalue weighted by molar-refractivity contribution is 0.352. The Morgan fingerprint density at radius 1 is 1.00 bits per heavy atom. The van der Waals surface area contributed by atoms with Crippen LogP contribution in [-0.2, 0) is 4.79 Å². The van der Waals surface area contributed by atoms with Gasteiger partial charge in [-0.05, 0) is 53.5 Å². The first-order valence-electron chi connectivity index (χ1n) is 11.3. The fourth-order valence-corrected chi connectivity index (χ4v) is 5.72. The molecule has 0 saturated heterocycles. The van der Waals surface area contributed by atoms with Gasteiger partial charge in [-0.3, -0.25) is 0 Å². The van der Waals surface area contributed by atoms with Gasteiger partial charge in [-0.1, -0.05) is 79.4 Å². The number of halogens is 1. The minimum atomic E-state index is 0.381. The van der Waals surface area contributed by atoms with E-state index in [0.717, 1.165) is 23.7 Å². The first kappa shape index (κ1) is 19.7. The fourth-order valence-electron chi connectivity index (χ4n) is 5.38. The normalized spacial score (nSPS) is 24.4. The molecule has 2 aromatic carbocycles. The van der Waals surface area contributed by atoms with Crippen molar-refractivity contribution in [2.24, 2.45) is 0 Å². The van der Waals surface area contributed by atoms with E-state index in [1.165, 1.54) is 54.4 Å².